The summed E-state index contributed by atoms with van der Waals surface area (Å²) < 4.78 is 4.86. The Bertz CT molecular complexity index is 233. The maximum Gasteiger partial charge on any atom is 0.302 e. The van der Waals surface area contributed by atoms with Crippen molar-refractivity contribution in [3.8, 4) is 0 Å². The van der Waals surface area contributed by atoms with Gasteiger partial charge in [-0.2, -0.15) is 0 Å². The van der Waals surface area contributed by atoms with Gasteiger partial charge in [0.05, 0.1) is 14.4 Å². The zero-order valence-electron chi connectivity index (χ0n) is 9.79. The normalized spacial score (nSPS) is 11.3. The Morgan fingerprint density at radius 2 is 1.93 bits per heavy atom. The molecule has 0 unspecified atom stereocenters. The molecule has 5 heteroatoms. The predicted molar refractivity (Wildman–Crippen MR) is 58.6 cm³/mol. The van der Waals surface area contributed by atoms with E-state index in [0.717, 1.165) is 0 Å². The topological polar surface area (TPSA) is 55.4 Å². The molecule has 4 nitrogen and oxygen atoms in total. The molecule has 0 aromatic carbocycles. The Balaban J connectivity index is 3.65. The van der Waals surface area contributed by atoms with E-state index < -0.39 is 11.3 Å². The van der Waals surface area contributed by atoms with Crippen LogP contribution in [0.3, 0.4) is 0 Å². The summed E-state index contributed by atoms with van der Waals surface area (Å²) in [5.41, 5.74) is 0. The Hall–Kier alpha value is -0.995. The third-order valence-electron chi connectivity index (χ3n) is 1.68. The van der Waals surface area contributed by atoms with Gasteiger partial charge in [-0.3, -0.25) is 9.59 Å². The van der Waals surface area contributed by atoms with Crippen LogP contribution in [0.5, 0.6) is 0 Å². The summed E-state index contributed by atoms with van der Waals surface area (Å²) in [5.74, 6) is -0.592. The molecule has 1 amide bonds. The third-order valence-corrected chi connectivity index (χ3v) is 1.68. The lowest BCUT2D eigenvalue weighted by Crippen LogP contribution is -2.32. The maximum atomic E-state index is 11.2. The van der Waals surface area contributed by atoms with Gasteiger partial charge in [-0.1, -0.05) is 27.7 Å². The lowest BCUT2D eigenvalue weighted by molar-refractivity contribution is -0.146. The minimum absolute atomic E-state index is 0.0574. The molecule has 0 aromatic rings. The van der Waals surface area contributed by atoms with Crippen LogP contribution in [-0.2, 0) is 14.3 Å². The Labute approximate surface area is 92.2 Å². The van der Waals surface area contributed by atoms with Gasteiger partial charge in [0.15, 0.2) is 0 Å². The molecule has 0 fully saturated rings. The van der Waals surface area contributed by atoms with Crippen molar-refractivity contribution in [2.75, 3.05) is 13.2 Å². The minimum atomic E-state index is -0.984. The van der Waals surface area contributed by atoms with Gasteiger partial charge in [0.1, 0.15) is 6.61 Å². The number of rotatable bonds is 5. The molecule has 1 N–H and O–H groups in total. The maximum absolute atomic E-state index is 11.2. The van der Waals surface area contributed by atoms with Crippen molar-refractivity contribution in [3.05, 3.63) is 0 Å². The fourth-order valence-electron chi connectivity index (χ4n) is 0.708. The molecular formula is C10H18BNO3. The van der Waals surface area contributed by atoms with Gasteiger partial charge in [0, 0.05) is 11.2 Å². The number of ether oxygens (including phenoxy) is 1. The van der Waals surface area contributed by atoms with Crippen molar-refractivity contribution in [3.63, 3.8) is 0 Å². The van der Waals surface area contributed by atoms with E-state index in [9.17, 15) is 9.59 Å². The largest absolute Gasteiger partial charge is 0.464 e. The summed E-state index contributed by atoms with van der Waals surface area (Å²) in [6, 6.07) is 0. The molecule has 0 aliphatic carbocycles. The summed E-state index contributed by atoms with van der Waals surface area (Å²) in [6.07, 6.45) is 0. The average molecular weight is 211 g/mol. The summed E-state index contributed by atoms with van der Waals surface area (Å²) in [4.78, 5) is 22.3. The SMILES string of the molecule is [B]C(C)(C)C(=O)OCCNC(=O)C(C)C. The summed E-state index contributed by atoms with van der Waals surface area (Å²) in [6.45, 7) is 7.20. The summed E-state index contributed by atoms with van der Waals surface area (Å²) in [5, 5.41) is 1.65. The molecule has 0 aromatic heterocycles. The van der Waals surface area contributed by atoms with Gasteiger partial charge in [-0.05, 0) is 0 Å². The quantitative estimate of drug-likeness (QED) is 0.413. The molecule has 0 bridgehead atoms. The smallest absolute Gasteiger partial charge is 0.302 e. The highest BCUT2D eigenvalue weighted by molar-refractivity contribution is 6.26. The second-order valence-electron chi connectivity index (χ2n) is 4.30. The van der Waals surface area contributed by atoms with Crippen LogP contribution in [0.25, 0.3) is 0 Å². The van der Waals surface area contributed by atoms with Crippen molar-refractivity contribution in [2.45, 2.75) is 33.0 Å². The van der Waals surface area contributed by atoms with Gasteiger partial charge >= 0.3 is 5.97 Å². The number of nitrogens with one attached hydrogen (secondary N) is 1. The van der Waals surface area contributed by atoms with Crippen molar-refractivity contribution >= 4 is 19.7 Å². The standard InChI is InChI=1S/C10H18BNO3/c1-7(2)8(13)12-5-6-15-9(14)10(3,4)11/h7H,5-6H2,1-4H3,(H,12,13). The van der Waals surface area contributed by atoms with E-state index in [1.54, 1.807) is 27.7 Å². The number of esters is 1. The molecule has 0 spiro atoms. The van der Waals surface area contributed by atoms with Crippen LogP contribution < -0.4 is 5.32 Å². The van der Waals surface area contributed by atoms with E-state index in [4.69, 9.17) is 12.6 Å². The number of carbonyl (C=O) groups is 2. The molecule has 0 aliphatic heterocycles. The van der Waals surface area contributed by atoms with Gasteiger partial charge in [-0.25, -0.2) is 0 Å². The van der Waals surface area contributed by atoms with Crippen LogP contribution in [0.15, 0.2) is 0 Å². The second-order valence-corrected chi connectivity index (χ2v) is 4.30. The molecule has 84 valence electrons. The zero-order chi connectivity index (χ0) is 12.1. The number of amides is 1. The highest BCUT2D eigenvalue weighted by Gasteiger charge is 2.22. The highest BCUT2D eigenvalue weighted by Crippen LogP contribution is 2.19. The van der Waals surface area contributed by atoms with Crippen LogP contribution >= 0.6 is 0 Å². The lowest BCUT2D eigenvalue weighted by Gasteiger charge is -2.17. The number of carbonyl (C=O) groups excluding carboxylic acids is 2. The first-order chi connectivity index (χ1) is 6.75. The van der Waals surface area contributed by atoms with Gasteiger partial charge in [-0.15, -0.1) is 0 Å². The fraction of sp³-hybridized carbons (Fsp3) is 0.800. The first kappa shape index (κ1) is 14.0. The Morgan fingerprint density at radius 1 is 1.40 bits per heavy atom. The van der Waals surface area contributed by atoms with E-state index >= 15 is 0 Å². The molecule has 0 atom stereocenters. The molecule has 0 saturated carbocycles. The van der Waals surface area contributed by atoms with E-state index in [0.29, 0.717) is 6.54 Å². The van der Waals surface area contributed by atoms with E-state index in [-0.39, 0.29) is 18.4 Å². The predicted octanol–water partition coefficient (Wildman–Crippen LogP) is 0.669. The van der Waals surface area contributed by atoms with Gasteiger partial charge in [0.2, 0.25) is 5.91 Å². The Morgan fingerprint density at radius 3 is 2.33 bits per heavy atom. The minimum Gasteiger partial charge on any atom is -0.464 e. The van der Waals surface area contributed by atoms with Crippen LogP contribution in [0.1, 0.15) is 27.7 Å². The van der Waals surface area contributed by atoms with E-state index in [1.807, 2.05) is 0 Å². The molecule has 15 heavy (non-hydrogen) atoms. The summed E-state index contributed by atoms with van der Waals surface area (Å²) >= 11 is 0. The van der Waals surface area contributed by atoms with Crippen LogP contribution in [0.2, 0.25) is 5.31 Å². The van der Waals surface area contributed by atoms with Crippen molar-refractivity contribution in [1.29, 1.82) is 0 Å². The first-order valence-corrected chi connectivity index (χ1v) is 4.99. The monoisotopic (exact) mass is 211 g/mol. The van der Waals surface area contributed by atoms with Crippen LogP contribution in [0, 0.1) is 5.92 Å². The number of hydrogen-bond donors (Lipinski definition) is 1. The highest BCUT2D eigenvalue weighted by atomic mass is 16.5. The molecule has 0 heterocycles. The molecule has 2 radical (unpaired) electrons. The van der Waals surface area contributed by atoms with Crippen molar-refractivity contribution < 1.29 is 14.3 Å². The molecule has 0 aliphatic rings. The van der Waals surface area contributed by atoms with E-state index in [2.05, 4.69) is 5.32 Å². The Kier molecular flexibility index (Phi) is 5.40. The zero-order valence-corrected chi connectivity index (χ0v) is 9.79. The lowest BCUT2D eigenvalue weighted by atomic mass is 9.73. The third kappa shape index (κ3) is 6.15. The fourth-order valence-corrected chi connectivity index (χ4v) is 0.708. The van der Waals surface area contributed by atoms with Crippen LogP contribution in [-0.4, -0.2) is 32.9 Å². The van der Waals surface area contributed by atoms with Crippen LogP contribution in [0.4, 0.5) is 0 Å². The average Bonchev–Trinajstić information content (AvgIpc) is 2.09. The van der Waals surface area contributed by atoms with Crippen molar-refractivity contribution in [1.82, 2.24) is 5.32 Å². The van der Waals surface area contributed by atoms with Gasteiger partial charge < -0.3 is 10.1 Å². The summed E-state index contributed by atoms with van der Waals surface area (Å²) in [7, 11) is 5.51. The van der Waals surface area contributed by atoms with E-state index in [1.165, 1.54) is 0 Å². The molecule has 0 rings (SSSR count). The number of hydrogen-bond acceptors (Lipinski definition) is 3. The van der Waals surface area contributed by atoms with Crippen molar-refractivity contribution in [2.24, 2.45) is 5.92 Å². The molecule has 0 saturated heterocycles. The molecular weight excluding hydrogens is 193 g/mol. The first-order valence-electron chi connectivity index (χ1n) is 4.99. The van der Waals surface area contributed by atoms with Gasteiger partial charge in [0.25, 0.3) is 0 Å². The second kappa shape index (κ2) is 5.78.